The third-order valence-corrected chi connectivity index (χ3v) is 4.47. The molecule has 0 saturated heterocycles. The molecule has 0 aliphatic heterocycles. The van der Waals surface area contributed by atoms with Crippen molar-refractivity contribution < 1.29 is 4.79 Å². The minimum atomic E-state index is -0.0883. The topological polar surface area (TPSA) is 66.9 Å². The highest BCUT2D eigenvalue weighted by Crippen LogP contribution is 2.18. The fraction of sp³-hybridized carbons (Fsp3) is 0.389. The van der Waals surface area contributed by atoms with Crippen LogP contribution < -0.4 is 10.6 Å². The molecule has 1 saturated carbocycles. The van der Waals surface area contributed by atoms with Gasteiger partial charge < -0.3 is 10.6 Å². The molecular formula is C18H21ClN4O. The second-order valence-corrected chi connectivity index (χ2v) is 6.49. The van der Waals surface area contributed by atoms with Crippen LogP contribution in [0.4, 0.5) is 5.95 Å². The molecule has 0 bridgehead atoms. The van der Waals surface area contributed by atoms with Gasteiger partial charge in [-0.2, -0.15) is 0 Å². The van der Waals surface area contributed by atoms with Crippen LogP contribution in [0.5, 0.6) is 0 Å². The number of aromatic nitrogens is 2. The van der Waals surface area contributed by atoms with Crippen LogP contribution in [0.25, 0.3) is 0 Å². The van der Waals surface area contributed by atoms with Gasteiger partial charge in [-0.1, -0.05) is 36.6 Å². The number of nitrogens with zero attached hydrogens (tertiary/aromatic N) is 2. The van der Waals surface area contributed by atoms with Gasteiger partial charge in [-0.3, -0.25) is 4.79 Å². The molecular weight excluding hydrogens is 324 g/mol. The van der Waals surface area contributed by atoms with E-state index in [1.54, 1.807) is 12.4 Å². The van der Waals surface area contributed by atoms with Crippen LogP contribution in [0.15, 0.2) is 36.7 Å². The molecule has 1 aromatic carbocycles. The molecule has 5 nitrogen and oxygen atoms in total. The van der Waals surface area contributed by atoms with Gasteiger partial charge in [-0.25, -0.2) is 9.97 Å². The van der Waals surface area contributed by atoms with E-state index in [9.17, 15) is 4.79 Å². The largest absolute Gasteiger partial charge is 0.354 e. The monoisotopic (exact) mass is 344 g/mol. The fourth-order valence-corrected chi connectivity index (χ4v) is 2.97. The number of amides is 1. The first kappa shape index (κ1) is 16.7. The summed E-state index contributed by atoms with van der Waals surface area (Å²) >= 11 is 5.87. The zero-order chi connectivity index (χ0) is 16.8. The van der Waals surface area contributed by atoms with Crippen molar-refractivity contribution in [1.29, 1.82) is 0 Å². The van der Waals surface area contributed by atoms with Crippen molar-refractivity contribution >= 4 is 23.5 Å². The van der Waals surface area contributed by atoms with E-state index < -0.39 is 0 Å². The Labute approximate surface area is 146 Å². The molecule has 0 atom stereocenters. The first-order valence-electron chi connectivity index (χ1n) is 8.32. The molecule has 6 heteroatoms. The van der Waals surface area contributed by atoms with E-state index in [2.05, 4.69) is 20.6 Å². The van der Waals surface area contributed by atoms with Crippen molar-refractivity contribution in [2.24, 2.45) is 0 Å². The first-order valence-corrected chi connectivity index (χ1v) is 8.70. The van der Waals surface area contributed by atoms with Gasteiger partial charge in [0.15, 0.2) is 0 Å². The summed E-state index contributed by atoms with van der Waals surface area (Å²) in [6.07, 6.45) is 8.51. The van der Waals surface area contributed by atoms with Crippen LogP contribution in [-0.4, -0.2) is 28.5 Å². The van der Waals surface area contributed by atoms with Gasteiger partial charge in [-0.05, 0) is 37.0 Å². The third-order valence-electron chi connectivity index (χ3n) is 4.21. The number of carbonyl (C=O) groups is 1. The van der Waals surface area contributed by atoms with Gasteiger partial charge in [0.1, 0.15) is 0 Å². The standard InChI is InChI=1S/C18H21ClN4O/c19-15-7-5-13(6-8-15)9-10-20-18-21-11-14(12-22-18)17(24)23-16-3-1-2-4-16/h5-8,11-12,16H,1-4,9-10H2,(H,23,24)(H,20,21,22). The molecule has 0 unspecified atom stereocenters. The van der Waals surface area contributed by atoms with Gasteiger partial charge in [0.2, 0.25) is 5.95 Å². The van der Waals surface area contributed by atoms with Gasteiger partial charge in [0.25, 0.3) is 5.91 Å². The van der Waals surface area contributed by atoms with Crippen LogP contribution in [0.3, 0.4) is 0 Å². The maximum atomic E-state index is 12.1. The number of benzene rings is 1. The molecule has 126 valence electrons. The Bertz CT molecular complexity index is 666. The Kier molecular flexibility index (Phi) is 5.64. The number of anilines is 1. The van der Waals surface area contributed by atoms with E-state index in [0.29, 0.717) is 17.6 Å². The predicted molar refractivity (Wildman–Crippen MR) is 95.4 cm³/mol. The molecule has 24 heavy (non-hydrogen) atoms. The number of carbonyl (C=O) groups excluding carboxylic acids is 1. The zero-order valence-electron chi connectivity index (χ0n) is 13.5. The summed E-state index contributed by atoms with van der Waals surface area (Å²) in [5.41, 5.74) is 1.70. The SMILES string of the molecule is O=C(NC1CCCC1)c1cnc(NCCc2ccc(Cl)cc2)nc1. The number of halogens is 1. The minimum Gasteiger partial charge on any atom is -0.354 e. The second kappa shape index (κ2) is 8.11. The Balaban J connectivity index is 1.47. The summed E-state index contributed by atoms with van der Waals surface area (Å²) in [7, 11) is 0. The van der Waals surface area contributed by atoms with Crippen molar-refractivity contribution in [3.63, 3.8) is 0 Å². The smallest absolute Gasteiger partial charge is 0.254 e. The molecule has 1 fully saturated rings. The summed E-state index contributed by atoms with van der Waals surface area (Å²) < 4.78 is 0. The predicted octanol–water partition coefficient (Wildman–Crippen LogP) is 3.46. The molecule has 2 N–H and O–H groups in total. The van der Waals surface area contributed by atoms with Crippen molar-refractivity contribution in [3.8, 4) is 0 Å². The summed E-state index contributed by atoms with van der Waals surface area (Å²) in [5.74, 6) is 0.441. The summed E-state index contributed by atoms with van der Waals surface area (Å²) in [5, 5.41) is 6.93. The average molecular weight is 345 g/mol. The second-order valence-electron chi connectivity index (χ2n) is 6.05. The lowest BCUT2D eigenvalue weighted by Crippen LogP contribution is -2.32. The Morgan fingerprint density at radius 2 is 1.79 bits per heavy atom. The molecule has 1 aromatic heterocycles. The summed E-state index contributed by atoms with van der Waals surface area (Å²) in [6.45, 7) is 0.718. The minimum absolute atomic E-state index is 0.0883. The van der Waals surface area contributed by atoms with E-state index in [-0.39, 0.29) is 5.91 Å². The quantitative estimate of drug-likeness (QED) is 0.842. The van der Waals surface area contributed by atoms with Gasteiger partial charge in [-0.15, -0.1) is 0 Å². The Hall–Kier alpha value is -2.14. The number of nitrogens with one attached hydrogen (secondary N) is 2. The van der Waals surface area contributed by atoms with Crippen LogP contribution in [-0.2, 0) is 6.42 Å². The van der Waals surface area contributed by atoms with Crippen LogP contribution in [0.2, 0.25) is 5.02 Å². The van der Waals surface area contributed by atoms with E-state index in [4.69, 9.17) is 11.6 Å². The molecule has 1 amide bonds. The van der Waals surface area contributed by atoms with Crippen molar-refractivity contribution in [2.75, 3.05) is 11.9 Å². The van der Waals surface area contributed by atoms with Crippen LogP contribution in [0.1, 0.15) is 41.6 Å². The van der Waals surface area contributed by atoms with Gasteiger partial charge in [0.05, 0.1) is 5.56 Å². The lowest BCUT2D eigenvalue weighted by molar-refractivity contribution is 0.0937. The van der Waals surface area contributed by atoms with Crippen molar-refractivity contribution in [3.05, 3.63) is 52.8 Å². The summed E-state index contributed by atoms with van der Waals surface area (Å²) in [6, 6.07) is 8.06. The van der Waals surface area contributed by atoms with E-state index in [1.807, 2.05) is 24.3 Å². The van der Waals surface area contributed by atoms with E-state index >= 15 is 0 Å². The summed E-state index contributed by atoms with van der Waals surface area (Å²) in [4.78, 5) is 20.5. The van der Waals surface area contributed by atoms with Crippen molar-refractivity contribution in [2.45, 2.75) is 38.1 Å². The van der Waals surface area contributed by atoms with E-state index in [0.717, 1.165) is 30.8 Å². The maximum absolute atomic E-state index is 12.1. The first-order chi connectivity index (χ1) is 11.7. The molecule has 0 radical (unpaired) electrons. The molecule has 1 aliphatic rings. The molecule has 0 spiro atoms. The molecule has 1 aliphatic carbocycles. The van der Waals surface area contributed by atoms with Crippen molar-refractivity contribution in [1.82, 2.24) is 15.3 Å². The number of rotatable bonds is 6. The maximum Gasteiger partial charge on any atom is 0.254 e. The Morgan fingerprint density at radius 1 is 1.12 bits per heavy atom. The fourth-order valence-electron chi connectivity index (χ4n) is 2.85. The lowest BCUT2D eigenvalue weighted by atomic mass is 10.1. The normalized spacial score (nSPS) is 14.5. The molecule has 3 rings (SSSR count). The van der Waals surface area contributed by atoms with Gasteiger partial charge in [0, 0.05) is 30.0 Å². The van der Waals surface area contributed by atoms with E-state index in [1.165, 1.54) is 18.4 Å². The molecule has 1 heterocycles. The number of hydrogen-bond donors (Lipinski definition) is 2. The highest BCUT2D eigenvalue weighted by molar-refractivity contribution is 6.30. The van der Waals surface area contributed by atoms with Crippen LogP contribution >= 0.6 is 11.6 Å². The average Bonchev–Trinajstić information content (AvgIpc) is 3.10. The number of hydrogen-bond acceptors (Lipinski definition) is 4. The highest BCUT2D eigenvalue weighted by Gasteiger charge is 2.18. The molecule has 2 aromatic rings. The third kappa shape index (κ3) is 4.68. The zero-order valence-corrected chi connectivity index (χ0v) is 14.2. The van der Waals surface area contributed by atoms with Gasteiger partial charge >= 0.3 is 0 Å². The van der Waals surface area contributed by atoms with Crippen LogP contribution in [0, 0.1) is 0 Å². The lowest BCUT2D eigenvalue weighted by Gasteiger charge is -2.11. The Morgan fingerprint density at radius 3 is 2.46 bits per heavy atom. The highest BCUT2D eigenvalue weighted by atomic mass is 35.5.